The summed E-state index contributed by atoms with van der Waals surface area (Å²) in [7, 11) is 3.93. The van der Waals surface area contributed by atoms with E-state index in [1.54, 1.807) is 0 Å². The highest BCUT2D eigenvalue weighted by Crippen LogP contribution is 2.28. The third-order valence-electron chi connectivity index (χ3n) is 4.79. The third kappa shape index (κ3) is 4.45. The first-order valence-corrected chi connectivity index (χ1v) is 8.13. The topological polar surface area (TPSA) is 43.8 Å². The van der Waals surface area contributed by atoms with Gasteiger partial charge in [-0.15, -0.1) is 0 Å². The molecule has 4 heteroatoms. The summed E-state index contributed by atoms with van der Waals surface area (Å²) in [6.45, 7) is 1.86. The lowest BCUT2D eigenvalue weighted by Gasteiger charge is -2.27. The number of rotatable bonds is 5. The number of hydrogen-bond donors (Lipinski definition) is 1. The molecule has 2 rings (SSSR count). The van der Waals surface area contributed by atoms with Crippen molar-refractivity contribution in [3.05, 3.63) is 0 Å². The van der Waals surface area contributed by atoms with Gasteiger partial charge < -0.3 is 14.9 Å². The number of nitrogens with zero attached hydrogens (tertiary/aromatic N) is 2. The number of hydrogen-bond acceptors (Lipinski definition) is 3. The SMILES string of the molecule is CN(C)C[C@@]1(O)CCN(C(=O)CCC2CCCCC2)C1. The van der Waals surface area contributed by atoms with Crippen LogP contribution in [0.25, 0.3) is 0 Å². The molecule has 0 bridgehead atoms. The fourth-order valence-electron chi connectivity index (χ4n) is 3.75. The van der Waals surface area contributed by atoms with Crippen LogP contribution in [0.3, 0.4) is 0 Å². The number of β-amino-alcohol motifs (C(OH)–C–C–N with tert-alkyl or cyclic N) is 1. The Morgan fingerprint density at radius 2 is 2.00 bits per heavy atom. The Hall–Kier alpha value is -0.610. The van der Waals surface area contributed by atoms with E-state index in [1.807, 2.05) is 23.9 Å². The molecule has 1 saturated heterocycles. The van der Waals surface area contributed by atoms with E-state index in [0.29, 0.717) is 32.5 Å². The second kappa shape index (κ2) is 6.90. The molecule has 1 amide bonds. The summed E-state index contributed by atoms with van der Waals surface area (Å²) < 4.78 is 0. The second-order valence-corrected chi connectivity index (χ2v) is 7.07. The zero-order valence-electron chi connectivity index (χ0n) is 13.1. The zero-order valence-corrected chi connectivity index (χ0v) is 13.1. The molecular weight excluding hydrogens is 252 g/mol. The summed E-state index contributed by atoms with van der Waals surface area (Å²) in [5.41, 5.74) is -0.704. The third-order valence-corrected chi connectivity index (χ3v) is 4.79. The molecule has 4 nitrogen and oxygen atoms in total. The van der Waals surface area contributed by atoms with Gasteiger partial charge in [-0.1, -0.05) is 32.1 Å². The van der Waals surface area contributed by atoms with Crippen LogP contribution in [0.1, 0.15) is 51.4 Å². The highest BCUT2D eigenvalue weighted by Gasteiger charge is 2.38. The smallest absolute Gasteiger partial charge is 0.222 e. The molecule has 1 heterocycles. The van der Waals surface area contributed by atoms with Crippen molar-refractivity contribution >= 4 is 5.91 Å². The minimum atomic E-state index is -0.704. The number of likely N-dealkylation sites (N-methyl/N-ethyl adjacent to an activating group) is 1. The Balaban J connectivity index is 1.73. The Morgan fingerprint density at radius 3 is 2.65 bits per heavy atom. The molecule has 0 aromatic carbocycles. The molecule has 0 aromatic rings. The van der Waals surface area contributed by atoms with Crippen LogP contribution in [-0.2, 0) is 4.79 Å². The van der Waals surface area contributed by atoms with Crippen LogP contribution in [-0.4, -0.2) is 60.1 Å². The highest BCUT2D eigenvalue weighted by molar-refractivity contribution is 5.76. The quantitative estimate of drug-likeness (QED) is 0.837. The molecule has 1 atom stereocenters. The van der Waals surface area contributed by atoms with Crippen molar-refractivity contribution in [2.24, 2.45) is 5.92 Å². The van der Waals surface area contributed by atoms with Gasteiger partial charge in [-0.25, -0.2) is 0 Å². The van der Waals surface area contributed by atoms with Gasteiger partial charge in [-0.3, -0.25) is 4.79 Å². The van der Waals surface area contributed by atoms with E-state index < -0.39 is 5.60 Å². The molecule has 1 aliphatic carbocycles. The molecule has 20 heavy (non-hydrogen) atoms. The van der Waals surface area contributed by atoms with Crippen LogP contribution in [0, 0.1) is 5.92 Å². The lowest BCUT2D eigenvalue weighted by Crippen LogP contribution is -2.43. The molecule has 0 spiro atoms. The predicted octanol–water partition coefficient (Wildman–Crippen LogP) is 1.87. The van der Waals surface area contributed by atoms with Crippen LogP contribution >= 0.6 is 0 Å². The van der Waals surface area contributed by atoms with Gasteiger partial charge in [0.1, 0.15) is 0 Å². The monoisotopic (exact) mass is 282 g/mol. The Morgan fingerprint density at radius 1 is 1.30 bits per heavy atom. The fourth-order valence-corrected chi connectivity index (χ4v) is 3.75. The van der Waals surface area contributed by atoms with Gasteiger partial charge in [0, 0.05) is 19.5 Å². The standard InChI is InChI=1S/C16H30N2O2/c1-17(2)12-16(20)10-11-18(13-16)15(19)9-8-14-6-4-3-5-7-14/h14,20H,3-13H2,1-2H3/t16-/m0/s1. The van der Waals surface area contributed by atoms with Gasteiger partial charge in [-0.2, -0.15) is 0 Å². The van der Waals surface area contributed by atoms with Gasteiger partial charge in [0.25, 0.3) is 0 Å². The van der Waals surface area contributed by atoms with Crippen molar-refractivity contribution in [1.29, 1.82) is 0 Å². The molecule has 0 radical (unpaired) electrons. The number of carbonyl (C=O) groups excluding carboxylic acids is 1. The van der Waals surface area contributed by atoms with Gasteiger partial charge in [-0.05, 0) is 32.9 Å². The fraction of sp³-hybridized carbons (Fsp3) is 0.938. The summed E-state index contributed by atoms with van der Waals surface area (Å²) in [5, 5.41) is 10.5. The first kappa shape index (κ1) is 15.8. The van der Waals surface area contributed by atoms with Crippen molar-refractivity contribution in [3.63, 3.8) is 0 Å². The van der Waals surface area contributed by atoms with Gasteiger partial charge in [0.15, 0.2) is 0 Å². The van der Waals surface area contributed by atoms with Crippen LogP contribution < -0.4 is 0 Å². The first-order chi connectivity index (χ1) is 9.48. The van der Waals surface area contributed by atoms with Crippen LogP contribution in [0.5, 0.6) is 0 Å². The van der Waals surface area contributed by atoms with Gasteiger partial charge in [0.05, 0.1) is 12.1 Å². The van der Waals surface area contributed by atoms with Crippen molar-refractivity contribution < 1.29 is 9.90 Å². The van der Waals surface area contributed by atoms with E-state index in [2.05, 4.69) is 0 Å². The van der Waals surface area contributed by atoms with Crippen LogP contribution in [0.4, 0.5) is 0 Å². The number of amides is 1. The highest BCUT2D eigenvalue weighted by atomic mass is 16.3. The van der Waals surface area contributed by atoms with E-state index in [1.165, 1.54) is 32.1 Å². The van der Waals surface area contributed by atoms with Crippen LogP contribution in [0.15, 0.2) is 0 Å². The van der Waals surface area contributed by atoms with Crippen LogP contribution in [0.2, 0.25) is 0 Å². The molecular formula is C16H30N2O2. The van der Waals surface area contributed by atoms with E-state index in [9.17, 15) is 9.90 Å². The Bertz CT molecular complexity index is 326. The maximum absolute atomic E-state index is 12.3. The first-order valence-electron chi connectivity index (χ1n) is 8.13. The van der Waals surface area contributed by atoms with E-state index in [0.717, 1.165) is 12.3 Å². The lowest BCUT2D eigenvalue weighted by molar-refractivity contribution is -0.131. The Labute approximate surface area is 123 Å². The van der Waals surface area contributed by atoms with Gasteiger partial charge in [0.2, 0.25) is 5.91 Å². The van der Waals surface area contributed by atoms with E-state index >= 15 is 0 Å². The van der Waals surface area contributed by atoms with Gasteiger partial charge >= 0.3 is 0 Å². The number of aliphatic hydroxyl groups is 1. The predicted molar refractivity (Wildman–Crippen MR) is 80.5 cm³/mol. The van der Waals surface area contributed by atoms with Crippen molar-refractivity contribution in [2.75, 3.05) is 33.7 Å². The number of likely N-dealkylation sites (tertiary alicyclic amines) is 1. The molecule has 0 unspecified atom stereocenters. The molecule has 0 aromatic heterocycles. The summed E-state index contributed by atoms with van der Waals surface area (Å²) >= 11 is 0. The van der Waals surface area contributed by atoms with E-state index in [-0.39, 0.29) is 5.91 Å². The van der Waals surface area contributed by atoms with Crippen molar-refractivity contribution in [3.8, 4) is 0 Å². The normalized spacial score (nSPS) is 28.3. The largest absolute Gasteiger partial charge is 0.387 e. The summed E-state index contributed by atoms with van der Waals surface area (Å²) in [4.78, 5) is 16.1. The number of carbonyl (C=O) groups is 1. The second-order valence-electron chi connectivity index (χ2n) is 7.07. The van der Waals surface area contributed by atoms with Crippen molar-refractivity contribution in [2.45, 2.75) is 57.0 Å². The maximum Gasteiger partial charge on any atom is 0.222 e. The average Bonchev–Trinajstić information content (AvgIpc) is 2.78. The minimum absolute atomic E-state index is 0.241. The molecule has 2 aliphatic rings. The zero-order chi connectivity index (χ0) is 14.6. The molecule has 116 valence electrons. The average molecular weight is 282 g/mol. The summed E-state index contributed by atoms with van der Waals surface area (Å²) in [6, 6.07) is 0. The summed E-state index contributed by atoms with van der Waals surface area (Å²) in [6.07, 6.45) is 9.07. The molecule has 1 aliphatic heterocycles. The maximum atomic E-state index is 12.3. The molecule has 1 saturated carbocycles. The molecule has 2 fully saturated rings. The Kier molecular flexibility index (Phi) is 5.44. The van der Waals surface area contributed by atoms with Crippen molar-refractivity contribution in [1.82, 2.24) is 9.80 Å². The minimum Gasteiger partial charge on any atom is -0.387 e. The summed E-state index contributed by atoms with van der Waals surface area (Å²) in [5.74, 6) is 1.00. The molecule has 1 N–H and O–H groups in total. The van der Waals surface area contributed by atoms with E-state index in [4.69, 9.17) is 0 Å². The lowest BCUT2D eigenvalue weighted by atomic mass is 9.86.